The molecular weight excluding hydrogens is 198 g/mol. The van der Waals surface area contributed by atoms with Crippen molar-refractivity contribution in [1.29, 1.82) is 0 Å². The van der Waals surface area contributed by atoms with Crippen LogP contribution < -0.4 is 0 Å². The van der Waals surface area contributed by atoms with Gasteiger partial charge in [0.25, 0.3) is 0 Å². The molecule has 0 saturated carbocycles. The molecule has 16 heavy (non-hydrogen) atoms. The van der Waals surface area contributed by atoms with Crippen molar-refractivity contribution in [2.75, 3.05) is 0 Å². The van der Waals surface area contributed by atoms with E-state index < -0.39 is 0 Å². The summed E-state index contributed by atoms with van der Waals surface area (Å²) in [5.74, 6) is 1.89. The predicted octanol–water partition coefficient (Wildman–Crippen LogP) is 2.74. The summed E-state index contributed by atoms with van der Waals surface area (Å²) in [6, 6.07) is 10.3. The maximum Gasteiger partial charge on any atom is 0.150 e. The predicted molar refractivity (Wildman–Crippen MR) is 64.2 cm³/mol. The standard InChI is InChI=1S/C13H17N3/c1-2-3-9-12-14-13(16-15-12)10-11-7-5-4-6-8-11/h4-8H,2-3,9-10H2,1H3,(H,14,15,16). The molecule has 0 amide bonds. The zero-order chi connectivity index (χ0) is 11.2. The van der Waals surface area contributed by atoms with Gasteiger partial charge in [-0.3, -0.25) is 5.10 Å². The fourth-order valence-corrected chi connectivity index (χ4v) is 1.65. The van der Waals surface area contributed by atoms with Crippen molar-refractivity contribution in [1.82, 2.24) is 15.2 Å². The first-order valence-corrected chi connectivity index (χ1v) is 5.82. The van der Waals surface area contributed by atoms with Gasteiger partial charge < -0.3 is 0 Å². The Balaban J connectivity index is 1.97. The van der Waals surface area contributed by atoms with Gasteiger partial charge in [-0.25, -0.2) is 4.98 Å². The molecule has 0 radical (unpaired) electrons. The van der Waals surface area contributed by atoms with E-state index in [0.29, 0.717) is 0 Å². The lowest BCUT2D eigenvalue weighted by atomic mass is 10.1. The lowest BCUT2D eigenvalue weighted by Crippen LogP contribution is -1.91. The Bertz CT molecular complexity index is 420. The molecule has 2 aromatic rings. The Morgan fingerprint density at radius 2 is 2.00 bits per heavy atom. The van der Waals surface area contributed by atoms with Gasteiger partial charge in [0.15, 0.2) is 5.82 Å². The largest absolute Gasteiger partial charge is 0.263 e. The lowest BCUT2D eigenvalue weighted by Gasteiger charge is -1.95. The molecule has 0 aliphatic rings. The first-order valence-electron chi connectivity index (χ1n) is 5.82. The fraction of sp³-hybridized carbons (Fsp3) is 0.385. The quantitative estimate of drug-likeness (QED) is 0.833. The minimum absolute atomic E-state index is 0.833. The summed E-state index contributed by atoms with van der Waals surface area (Å²) in [4.78, 5) is 4.48. The highest BCUT2D eigenvalue weighted by atomic mass is 15.2. The van der Waals surface area contributed by atoms with Gasteiger partial charge in [0.05, 0.1) is 0 Å². The van der Waals surface area contributed by atoms with E-state index in [2.05, 4.69) is 34.2 Å². The highest BCUT2D eigenvalue weighted by molar-refractivity contribution is 5.18. The van der Waals surface area contributed by atoms with Crippen molar-refractivity contribution in [3.8, 4) is 0 Å². The summed E-state index contributed by atoms with van der Waals surface area (Å²) in [6.07, 6.45) is 4.15. The van der Waals surface area contributed by atoms with E-state index >= 15 is 0 Å². The SMILES string of the molecule is CCCCc1n[nH]c(Cc2ccccc2)n1. The van der Waals surface area contributed by atoms with Gasteiger partial charge in [-0.2, -0.15) is 5.10 Å². The van der Waals surface area contributed by atoms with Crippen molar-refractivity contribution in [3.63, 3.8) is 0 Å². The van der Waals surface area contributed by atoms with Crippen molar-refractivity contribution in [2.45, 2.75) is 32.6 Å². The molecule has 2 rings (SSSR count). The summed E-state index contributed by atoms with van der Waals surface area (Å²) in [7, 11) is 0. The van der Waals surface area contributed by atoms with E-state index in [-0.39, 0.29) is 0 Å². The molecule has 1 heterocycles. The Hall–Kier alpha value is -1.64. The van der Waals surface area contributed by atoms with E-state index in [9.17, 15) is 0 Å². The van der Waals surface area contributed by atoms with Crippen LogP contribution in [0.5, 0.6) is 0 Å². The molecule has 0 unspecified atom stereocenters. The van der Waals surface area contributed by atoms with Crippen LogP contribution in [0.4, 0.5) is 0 Å². The zero-order valence-corrected chi connectivity index (χ0v) is 9.61. The third-order valence-electron chi connectivity index (χ3n) is 2.55. The minimum atomic E-state index is 0.833. The molecule has 1 N–H and O–H groups in total. The number of unbranched alkanes of at least 4 members (excludes halogenated alkanes) is 1. The molecule has 3 heteroatoms. The average molecular weight is 215 g/mol. The van der Waals surface area contributed by atoms with Crippen molar-refractivity contribution < 1.29 is 0 Å². The molecule has 0 atom stereocenters. The Morgan fingerprint density at radius 1 is 1.19 bits per heavy atom. The first-order chi connectivity index (χ1) is 7.88. The molecule has 0 fully saturated rings. The number of nitrogens with zero attached hydrogens (tertiary/aromatic N) is 2. The van der Waals surface area contributed by atoms with Gasteiger partial charge in [-0.1, -0.05) is 43.7 Å². The summed E-state index contributed by atoms with van der Waals surface area (Å²) in [6.45, 7) is 2.18. The molecule has 1 aromatic carbocycles. The maximum atomic E-state index is 4.48. The van der Waals surface area contributed by atoms with Crippen LogP contribution in [-0.2, 0) is 12.8 Å². The summed E-state index contributed by atoms with van der Waals surface area (Å²) < 4.78 is 0. The van der Waals surface area contributed by atoms with E-state index in [1.807, 2.05) is 18.2 Å². The van der Waals surface area contributed by atoms with E-state index in [1.54, 1.807) is 0 Å². The average Bonchev–Trinajstić information content (AvgIpc) is 2.75. The molecular formula is C13H17N3. The van der Waals surface area contributed by atoms with E-state index in [1.165, 1.54) is 12.0 Å². The van der Waals surface area contributed by atoms with Crippen molar-refractivity contribution in [2.24, 2.45) is 0 Å². The molecule has 0 bridgehead atoms. The number of benzene rings is 1. The van der Waals surface area contributed by atoms with Crippen LogP contribution in [0, 0.1) is 0 Å². The van der Waals surface area contributed by atoms with Gasteiger partial charge in [-0.05, 0) is 12.0 Å². The van der Waals surface area contributed by atoms with E-state index in [0.717, 1.165) is 30.9 Å². The van der Waals surface area contributed by atoms with Gasteiger partial charge in [0.1, 0.15) is 5.82 Å². The third kappa shape index (κ3) is 2.92. The second-order valence-electron chi connectivity index (χ2n) is 3.96. The number of H-pyrrole nitrogens is 1. The number of aromatic nitrogens is 3. The molecule has 0 saturated heterocycles. The third-order valence-corrected chi connectivity index (χ3v) is 2.55. The summed E-state index contributed by atoms with van der Waals surface area (Å²) in [5, 5.41) is 7.22. The number of aromatic amines is 1. The van der Waals surface area contributed by atoms with Crippen LogP contribution in [0.15, 0.2) is 30.3 Å². The van der Waals surface area contributed by atoms with Crippen LogP contribution in [0.25, 0.3) is 0 Å². The highest BCUT2D eigenvalue weighted by Crippen LogP contribution is 2.06. The molecule has 0 aliphatic carbocycles. The molecule has 0 spiro atoms. The molecule has 0 aliphatic heterocycles. The first kappa shape index (κ1) is 10.9. The second kappa shape index (κ2) is 5.45. The van der Waals surface area contributed by atoms with Crippen LogP contribution in [0.3, 0.4) is 0 Å². The van der Waals surface area contributed by atoms with Gasteiger partial charge >= 0.3 is 0 Å². The number of hydrogen-bond donors (Lipinski definition) is 1. The molecule has 84 valence electrons. The topological polar surface area (TPSA) is 41.6 Å². The summed E-state index contributed by atoms with van der Waals surface area (Å²) in [5.41, 5.74) is 1.26. The van der Waals surface area contributed by atoms with Gasteiger partial charge in [0, 0.05) is 12.8 Å². The van der Waals surface area contributed by atoms with Crippen molar-refractivity contribution >= 4 is 0 Å². The Morgan fingerprint density at radius 3 is 2.75 bits per heavy atom. The number of aryl methyl sites for hydroxylation is 1. The van der Waals surface area contributed by atoms with Crippen LogP contribution in [-0.4, -0.2) is 15.2 Å². The van der Waals surface area contributed by atoms with Gasteiger partial charge in [0.2, 0.25) is 0 Å². The van der Waals surface area contributed by atoms with E-state index in [4.69, 9.17) is 0 Å². The smallest absolute Gasteiger partial charge is 0.150 e. The monoisotopic (exact) mass is 215 g/mol. The number of nitrogens with one attached hydrogen (secondary N) is 1. The van der Waals surface area contributed by atoms with Crippen molar-refractivity contribution in [3.05, 3.63) is 47.5 Å². The fourth-order valence-electron chi connectivity index (χ4n) is 1.65. The lowest BCUT2D eigenvalue weighted by molar-refractivity contribution is 0.755. The Kier molecular flexibility index (Phi) is 3.70. The normalized spacial score (nSPS) is 10.6. The van der Waals surface area contributed by atoms with Crippen LogP contribution in [0.2, 0.25) is 0 Å². The number of rotatable bonds is 5. The van der Waals surface area contributed by atoms with Gasteiger partial charge in [-0.15, -0.1) is 0 Å². The zero-order valence-electron chi connectivity index (χ0n) is 9.61. The molecule has 1 aromatic heterocycles. The Labute approximate surface area is 95.9 Å². The molecule has 3 nitrogen and oxygen atoms in total. The van der Waals surface area contributed by atoms with Crippen LogP contribution in [0.1, 0.15) is 37.0 Å². The minimum Gasteiger partial charge on any atom is -0.263 e. The van der Waals surface area contributed by atoms with Crippen LogP contribution >= 0.6 is 0 Å². The summed E-state index contributed by atoms with van der Waals surface area (Å²) >= 11 is 0. The highest BCUT2D eigenvalue weighted by Gasteiger charge is 2.03. The second-order valence-corrected chi connectivity index (χ2v) is 3.96. The number of hydrogen-bond acceptors (Lipinski definition) is 2. The maximum absolute atomic E-state index is 4.48.